The first-order chi connectivity index (χ1) is 9.71. The minimum Gasteiger partial charge on any atom is -0.481 e. The zero-order valence-electron chi connectivity index (χ0n) is 12.7. The van der Waals surface area contributed by atoms with Gasteiger partial charge in [0.05, 0.1) is 12.0 Å². The number of carbonyl (C=O) groups excluding carboxylic acids is 1. The normalized spacial score (nSPS) is 19.8. The van der Waals surface area contributed by atoms with Crippen LogP contribution in [0.25, 0.3) is 0 Å². The summed E-state index contributed by atoms with van der Waals surface area (Å²) in [5.41, 5.74) is 7.34. The number of nitrogens with two attached hydrogens (primary N) is 1. The second-order valence-corrected chi connectivity index (χ2v) is 6.65. The Morgan fingerprint density at radius 2 is 1.95 bits per heavy atom. The molecule has 2 atom stereocenters. The van der Waals surface area contributed by atoms with Gasteiger partial charge in [-0.1, -0.05) is 45.0 Å². The van der Waals surface area contributed by atoms with Crippen molar-refractivity contribution in [2.75, 3.05) is 6.54 Å². The molecular weight excluding hydrogens is 268 g/mol. The van der Waals surface area contributed by atoms with Crippen molar-refractivity contribution in [1.29, 1.82) is 0 Å². The molecule has 21 heavy (non-hydrogen) atoms. The molecule has 5 heteroatoms. The van der Waals surface area contributed by atoms with Crippen molar-refractivity contribution < 1.29 is 14.7 Å². The lowest BCUT2D eigenvalue weighted by Gasteiger charge is -2.37. The highest BCUT2D eigenvalue weighted by atomic mass is 16.4. The first-order valence-electron chi connectivity index (χ1n) is 7.07. The van der Waals surface area contributed by atoms with Crippen LogP contribution in [0, 0.1) is 5.41 Å². The summed E-state index contributed by atoms with van der Waals surface area (Å²) in [7, 11) is 0. The van der Waals surface area contributed by atoms with E-state index in [9.17, 15) is 14.7 Å². The number of carboxylic acids is 1. The number of aliphatic carboxylic acids is 1. The van der Waals surface area contributed by atoms with Crippen LogP contribution in [0.1, 0.15) is 37.8 Å². The minimum absolute atomic E-state index is 0.176. The first kappa shape index (κ1) is 15.5. The second-order valence-electron chi connectivity index (χ2n) is 6.65. The lowest BCUT2D eigenvalue weighted by atomic mass is 9.84. The smallest absolute Gasteiger partial charge is 0.312 e. The van der Waals surface area contributed by atoms with Crippen molar-refractivity contribution in [3.05, 3.63) is 35.4 Å². The Balaban J connectivity index is 2.30. The van der Waals surface area contributed by atoms with E-state index < -0.39 is 17.9 Å². The van der Waals surface area contributed by atoms with Crippen LogP contribution in [-0.2, 0) is 16.1 Å². The zero-order valence-corrected chi connectivity index (χ0v) is 12.7. The molecule has 2 rings (SSSR count). The van der Waals surface area contributed by atoms with Crippen LogP contribution in [0.2, 0.25) is 0 Å². The number of benzene rings is 1. The van der Waals surface area contributed by atoms with Gasteiger partial charge >= 0.3 is 5.97 Å². The van der Waals surface area contributed by atoms with Crippen LogP contribution in [0.15, 0.2) is 24.3 Å². The van der Waals surface area contributed by atoms with E-state index in [-0.39, 0.29) is 17.9 Å². The van der Waals surface area contributed by atoms with E-state index in [1.165, 1.54) is 0 Å². The van der Waals surface area contributed by atoms with Crippen molar-refractivity contribution in [3.63, 3.8) is 0 Å². The monoisotopic (exact) mass is 290 g/mol. The van der Waals surface area contributed by atoms with Gasteiger partial charge in [-0.25, -0.2) is 0 Å². The molecule has 0 aliphatic carbocycles. The Morgan fingerprint density at radius 3 is 2.52 bits per heavy atom. The van der Waals surface area contributed by atoms with Crippen LogP contribution in [0.5, 0.6) is 0 Å². The van der Waals surface area contributed by atoms with E-state index in [4.69, 9.17) is 5.73 Å². The Labute approximate surface area is 124 Å². The number of amides is 1. The van der Waals surface area contributed by atoms with Gasteiger partial charge in [0.25, 0.3) is 0 Å². The topological polar surface area (TPSA) is 83.6 Å². The molecule has 3 N–H and O–H groups in total. The number of fused-ring (bicyclic) bond motifs is 1. The summed E-state index contributed by atoms with van der Waals surface area (Å²) >= 11 is 0. The number of carboxylic acid groups (broad SMARTS) is 1. The Hall–Kier alpha value is -1.88. The maximum absolute atomic E-state index is 12.5. The molecule has 1 aromatic rings. The molecule has 0 fully saturated rings. The Bertz CT molecular complexity index is 563. The van der Waals surface area contributed by atoms with Crippen molar-refractivity contribution in [2.24, 2.45) is 11.1 Å². The molecule has 0 spiro atoms. The van der Waals surface area contributed by atoms with Crippen LogP contribution in [0.3, 0.4) is 0 Å². The van der Waals surface area contributed by atoms with Gasteiger partial charge in [-0.05, 0) is 16.5 Å². The highest BCUT2D eigenvalue weighted by Crippen LogP contribution is 2.30. The quantitative estimate of drug-likeness (QED) is 0.866. The molecule has 0 radical (unpaired) electrons. The fraction of sp³-hybridized carbons (Fsp3) is 0.500. The fourth-order valence-electron chi connectivity index (χ4n) is 2.55. The van der Waals surface area contributed by atoms with Crippen LogP contribution in [0.4, 0.5) is 0 Å². The highest BCUT2D eigenvalue weighted by molar-refractivity contribution is 5.85. The van der Waals surface area contributed by atoms with Gasteiger partial charge < -0.3 is 15.7 Å². The molecule has 1 aliphatic rings. The summed E-state index contributed by atoms with van der Waals surface area (Å²) in [6.07, 6.45) is 0. The van der Waals surface area contributed by atoms with Gasteiger partial charge in [0.15, 0.2) is 0 Å². The molecule has 5 nitrogen and oxygen atoms in total. The first-order valence-corrected chi connectivity index (χ1v) is 7.07. The molecular formula is C16H22N2O3. The van der Waals surface area contributed by atoms with Gasteiger partial charge in [0.2, 0.25) is 5.91 Å². The van der Waals surface area contributed by atoms with Crippen molar-refractivity contribution in [3.8, 4) is 0 Å². The number of hydrogen-bond acceptors (Lipinski definition) is 3. The van der Waals surface area contributed by atoms with Gasteiger partial charge in [0, 0.05) is 13.1 Å². The number of rotatable bonds is 2. The Morgan fingerprint density at radius 1 is 1.33 bits per heavy atom. The molecule has 0 saturated heterocycles. The summed E-state index contributed by atoms with van der Waals surface area (Å²) in [6, 6.07) is 6.73. The Kier molecular flexibility index (Phi) is 4.05. The number of nitrogens with zero attached hydrogens (tertiary/aromatic N) is 1. The molecule has 2 unspecified atom stereocenters. The van der Waals surface area contributed by atoms with Gasteiger partial charge in [0.1, 0.15) is 0 Å². The molecule has 1 heterocycles. The summed E-state index contributed by atoms with van der Waals surface area (Å²) in [4.78, 5) is 25.6. The standard InChI is InChI=1S/C16H22N2O3/c1-16(2,3)13(17)14(19)18-8-10-6-4-5-7-11(10)12(9-18)15(20)21/h4-7,12-13H,8-9,17H2,1-3H3,(H,20,21). The maximum Gasteiger partial charge on any atom is 0.312 e. The van der Waals surface area contributed by atoms with Crippen LogP contribution in [-0.4, -0.2) is 34.5 Å². The summed E-state index contributed by atoms with van der Waals surface area (Å²) in [5, 5.41) is 9.41. The van der Waals surface area contributed by atoms with Crippen molar-refractivity contribution in [1.82, 2.24) is 4.90 Å². The molecule has 114 valence electrons. The number of hydrogen-bond donors (Lipinski definition) is 2. The molecule has 0 saturated carbocycles. The largest absolute Gasteiger partial charge is 0.481 e. The lowest BCUT2D eigenvalue weighted by Crippen LogP contribution is -2.52. The summed E-state index contributed by atoms with van der Waals surface area (Å²) in [5.74, 6) is -1.79. The van der Waals surface area contributed by atoms with Gasteiger partial charge in [-0.2, -0.15) is 0 Å². The minimum atomic E-state index is -0.913. The van der Waals surface area contributed by atoms with Gasteiger partial charge in [-0.3, -0.25) is 9.59 Å². The zero-order chi connectivity index (χ0) is 15.8. The summed E-state index contributed by atoms with van der Waals surface area (Å²) in [6.45, 7) is 6.31. The van der Waals surface area contributed by atoms with Crippen molar-refractivity contribution >= 4 is 11.9 Å². The van der Waals surface area contributed by atoms with E-state index in [0.717, 1.165) is 11.1 Å². The highest BCUT2D eigenvalue weighted by Gasteiger charge is 2.37. The van der Waals surface area contributed by atoms with Gasteiger partial charge in [-0.15, -0.1) is 0 Å². The molecule has 1 aromatic carbocycles. The number of carbonyl (C=O) groups is 2. The second kappa shape index (κ2) is 5.48. The fourth-order valence-corrected chi connectivity index (χ4v) is 2.55. The van der Waals surface area contributed by atoms with E-state index >= 15 is 0 Å². The predicted octanol–water partition coefficient (Wildman–Crippen LogP) is 1.57. The third kappa shape index (κ3) is 3.08. The molecule has 1 aliphatic heterocycles. The SMILES string of the molecule is CC(C)(C)C(N)C(=O)N1Cc2ccccc2C(C(=O)O)C1. The lowest BCUT2D eigenvalue weighted by molar-refractivity contribution is -0.142. The molecule has 0 bridgehead atoms. The van der Waals surface area contributed by atoms with E-state index in [2.05, 4.69) is 0 Å². The summed E-state index contributed by atoms with van der Waals surface area (Å²) < 4.78 is 0. The average Bonchev–Trinajstić information content (AvgIpc) is 2.43. The predicted molar refractivity (Wildman–Crippen MR) is 79.7 cm³/mol. The van der Waals surface area contributed by atoms with E-state index in [0.29, 0.717) is 6.54 Å². The third-order valence-electron chi connectivity index (χ3n) is 4.00. The van der Waals surface area contributed by atoms with Crippen molar-refractivity contribution in [2.45, 2.75) is 39.3 Å². The average molecular weight is 290 g/mol. The van der Waals surface area contributed by atoms with Crippen LogP contribution < -0.4 is 5.73 Å². The van der Waals surface area contributed by atoms with E-state index in [1.54, 1.807) is 4.90 Å². The van der Waals surface area contributed by atoms with Crippen LogP contribution >= 0.6 is 0 Å². The molecule has 0 aromatic heterocycles. The third-order valence-corrected chi connectivity index (χ3v) is 4.00. The van der Waals surface area contributed by atoms with E-state index in [1.807, 2.05) is 45.0 Å². The maximum atomic E-state index is 12.5. The molecule has 1 amide bonds.